The Morgan fingerprint density at radius 3 is 2.57 bits per heavy atom. The lowest BCUT2D eigenvalue weighted by Crippen LogP contribution is -2.48. The van der Waals surface area contributed by atoms with Gasteiger partial charge in [-0.15, -0.1) is 0 Å². The third kappa shape index (κ3) is 3.93. The topological polar surface area (TPSA) is 119 Å². The monoisotopic (exact) mass is 316 g/mol. The Morgan fingerprint density at radius 2 is 2.10 bits per heavy atom. The second-order valence-electron chi connectivity index (χ2n) is 4.93. The molecule has 7 nitrogen and oxygen atoms in total. The van der Waals surface area contributed by atoms with Gasteiger partial charge in [-0.3, -0.25) is 0 Å². The van der Waals surface area contributed by atoms with Gasteiger partial charge in [-0.2, -0.15) is 0 Å². The molecule has 0 fully saturated rings. The van der Waals surface area contributed by atoms with Gasteiger partial charge in [-0.25, -0.2) is 17.9 Å². The largest absolute Gasteiger partial charge is 0.465 e. The molecule has 0 aliphatic carbocycles. The van der Waals surface area contributed by atoms with Crippen molar-refractivity contribution in [3.8, 4) is 0 Å². The first-order valence-electron chi connectivity index (χ1n) is 6.32. The lowest BCUT2D eigenvalue weighted by molar-refractivity contribution is 0.0596. The number of anilines is 1. The fourth-order valence-corrected chi connectivity index (χ4v) is 3.29. The maximum atomic E-state index is 12.4. The standard InChI is InChI=1S/C13H20N2O5S/c1-4-13(2,8-16)15-21(18,19)11-6-5-9(14)7-10(11)12(17)20-3/h5-7,15-16H,4,8,14H2,1-3H3. The molecule has 0 bridgehead atoms. The SMILES string of the molecule is CCC(C)(CO)NS(=O)(=O)c1ccc(N)cc1C(=O)OC. The zero-order valence-electron chi connectivity index (χ0n) is 12.2. The van der Waals surface area contributed by atoms with Crippen molar-refractivity contribution < 1.29 is 23.1 Å². The summed E-state index contributed by atoms with van der Waals surface area (Å²) < 4.78 is 31.9. The van der Waals surface area contributed by atoms with E-state index >= 15 is 0 Å². The van der Waals surface area contributed by atoms with E-state index < -0.39 is 21.5 Å². The first kappa shape index (κ1) is 17.4. The van der Waals surface area contributed by atoms with Crippen LogP contribution in [0.1, 0.15) is 30.6 Å². The average molecular weight is 316 g/mol. The molecule has 0 heterocycles. The van der Waals surface area contributed by atoms with Crippen LogP contribution in [0.25, 0.3) is 0 Å². The summed E-state index contributed by atoms with van der Waals surface area (Å²) in [4.78, 5) is 11.5. The van der Waals surface area contributed by atoms with E-state index in [4.69, 9.17) is 5.73 Å². The van der Waals surface area contributed by atoms with E-state index in [-0.39, 0.29) is 22.8 Å². The number of aliphatic hydroxyl groups is 1. The summed E-state index contributed by atoms with van der Waals surface area (Å²) in [7, 11) is -2.86. The molecule has 1 atom stereocenters. The average Bonchev–Trinajstić information content (AvgIpc) is 2.45. The molecule has 1 aromatic rings. The summed E-state index contributed by atoms with van der Waals surface area (Å²) in [6.45, 7) is 2.94. The van der Waals surface area contributed by atoms with Crippen molar-refractivity contribution in [1.29, 1.82) is 0 Å². The second kappa shape index (κ2) is 6.42. The molecule has 0 radical (unpaired) electrons. The van der Waals surface area contributed by atoms with Crippen molar-refractivity contribution in [2.45, 2.75) is 30.7 Å². The van der Waals surface area contributed by atoms with Crippen molar-refractivity contribution in [2.75, 3.05) is 19.5 Å². The highest BCUT2D eigenvalue weighted by Gasteiger charge is 2.31. The summed E-state index contributed by atoms with van der Waals surface area (Å²) in [5.74, 6) is -0.801. The van der Waals surface area contributed by atoms with Gasteiger partial charge in [-0.05, 0) is 31.5 Å². The van der Waals surface area contributed by atoms with Crippen LogP contribution in [0.5, 0.6) is 0 Å². The Kier molecular flexibility index (Phi) is 5.32. The zero-order chi connectivity index (χ0) is 16.3. The number of nitrogens with two attached hydrogens (primary N) is 1. The van der Waals surface area contributed by atoms with Crippen LogP contribution in [-0.4, -0.2) is 38.7 Å². The molecule has 1 rings (SSSR count). The third-order valence-corrected chi connectivity index (χ3v) is 4.91. The van der Waals surface area contributed by atoms with Crippen LogP contribution in [-0.2, 0) is 14.8 Å². The number of hydrogen-bond acceptors (Lipinski definition) is 6. The highest BCUT2D eigenvalue weighted by atomic mass is 32.2. The normalized spacial score (nSPS) is 14.5. The summed E-state index contributed by atoms with van der Waals surface area (Å²) in [5, 5.41) is 9.33. The first-order valence-corrected chi connectivity index (χ1v) is 7.80. The quantitative estimate of drug-likeness (QED) is 0.519. The summed E-state index contributed by atoms with van der Waals surface area (Å²) in [6, 6.07) is 3.85. The summed E-state index contributed by atoms with van der Waals surface area (Å²) in [5.41, 5.74) is 4.65. The number of aliphatic hydroxyl groups excluding tert-OH is 1. The van der Waals surface area contributed by atoms with Crippen LogP contribution >= 0.6 is 0 Å². The van der Waals surface area contributed by atoms with Gasteiger partial charge < -0.3 is 15.6 Å². The molecule has 0 saturated carbocycles. The van der Waals surface area contributed by atoms with E-state index in [9.17, 15) is 18.3 Å². The Balaban J connectivity index is 3.35. The number of esters is 1. The number of rotatable bonds is 6. The van der Waals surface area contributed by atoms with Crippen LogP contribution in [0.3, 0.4) is 0 Å². The molecule has 0 spiro atoms. The molecule has 0 saturated heterocycles. The summed E-state index contributed by atoms with van der Waals surface area (Å²) in [6.07, 6.45) is 0.380. The molecule has 0 aliphatic rings. The van der Waals surface area contributed by atoms with E-state index in [2.05, 4.69) is 9.46 Å². The third-order valence-electron chi connectivity index (χ3n) is 3.21. The van der Waals surface area contributed by atoms with Crippen LogP contribution in [0, 0.1) is 0 Å². The molecule has 1 aromatic carbocycles. The van der Waals surface area contributed by atoms with Gasteiger partial charge in [-0.1, -0.05) is 6.92 Å². The molecule has 8 heteroatoms. The number of ether oxygens (including phenoxy) is 1. The smallest absolute Gasteiger partial charge is 0.339 e. The predicted octanol–water partition coefficient (Wildman–Crippen LogP) is 0.495. The van der Waals surface area contributed by atoms with Crippen molar-refractivity contribution in [2.24, 2.45) is 0 Å². The number of sulfonamides is 1. The number of carbonyl (C=O) groups excluding carboxylic acids is 1. The molecular weight excluding hydrogens is 296 g/mol. The minimum absolute atomic E-state index is 0.151. The highest BCUT2D eigenvalue weighted by molar-refractivity contribution is 7.89. The molecule has 1 unspecified atom stereocenters. The van der Waals surface area contributed by atoms with Gasteiger partial charge in [0.2, 0.25) is 10.0 Å². The minimum atomic E-state index is -4.01. The van der Waals surface area contributed by atoms with E-state index in [1.165, 1.54) is 18.2 Å². The Labute approximate surface area is 124 Å². The first-order chi connectivity index (χ1) is 9.69. The van der Waals surface area contributed by atoms with Crippen molar-refractivity contribution in [1.82, 2.24) is 4.72 Å². The van der Waals surface area contributed by atoms with Crippen LogP contribution in [0.2, 0.25) is 0 Å². The number of benzene rings is 1. The van der Waals surface area contributed by atoms with Crippen LogP contribution in [0.4, 0.5) is 5.69 Å². The van der Waals surface area contributed by atoms with E-state index in [1.807, 2.05) is 0 Å². The number of nitrogens with one attached hydrogen (secondary N) is 1. The lowest BCUT2D eigenvalue weighted by Gasteiger charge is -2.27. The lowest BCUT2D eigenvalue weighted by atomic mass is 10.0. The van der Waals surface area contributed by atoms with Gasteiger partial charge in [0.25, 0.3) is 0 Å². The predicted molar refractivity (Wildman–Crippen MR) is 78.3 cm³/mol. The van der Waals surface area contributed by atoms with Crippen molar-refractivity contribution in [3.05, 3.63) is 23.8 Å². The van der Waals surface area contributed by atoms with Gasteiger partial charge in [0.15, 0.2) is 0 Å². The molecule has 0 aromatic heterocycles. The number of carbonyl (C=O) groups is 1. The highest BCUT2D eigenvalue weighted by Crippen LogP contribution is 2.22. The van der Waals surface area contributed by atoms with Crippen molar-refractivity contribution >= 4 is 21.7 Å². The van der Waals surface area contributed by atoms with Crippen molar-refractivity contribution in [3.63, 3.8) is 0 Å². The minimum Gasteiger partial charge on any atom is -0.465 e. The maximum Gasteiger partial charge on any atom is 0.339 e. The Bertz CT molecular complexity index is 623. The molecule has 21 heavy (non-hydrogen) atoms. The van der Waals surface area contributed by atoms with E-state index in [0.717, 1.165) is 7.11 Å². The number of methoxy groups -OCH3 is 1. The van der Waals surface area contributed by atoms with Crippen LogP contribution < -0.4 is 10.5 Å². The Morgan fingerprint density at radius 1 is 1.48 bits per heavy atom. The molecular formula is C13H20N2O5S. The van der Waals surface area contributed by atoms with Gasteiger partial charge in [0.05, 0.1) is 29.7 Å². The molecule has 4 N–H and O–H groups in total. The fourth-order valence-electron chi connectivity index (χ4n) is 1.65. The van der Waals surface area contributed by atoms with E-state index in [1.54, 1.807) is 13.8 Å². The molecule has 118 valence electrons. The second-order valence-corrected chi connectivity index (χ2v) is 6.58. The van der Waals surface area contributed by atoms with Crippen LogP contribution in [0.15, 0.2) is 23.1 Å². The maximum absolute atomic E-state index is 12.4. The van der Waals surface area contributed by atoms with Gasteiger partial charge in [0.1, 0.15) is 0 Å². The number of nitrogen functional groups attached to an aromatic ring is 1. The summed E-state index contributed by atoms with van der Waals surface area (Å²) >= 11 is 0. The van der Waals surface area contributed by atoms with E-state index in [0.29, 0.717) is 6.42 Å². The van der Waals surface area contributed by atoms with Gasteiger partial charge in [0, 0.05) is 5.69 Å². The zero-order valence-corrected chi connectivity index (χ0v) is 13.0. The molecule has 0 amide bonds. The van der Waals surface area contributed by atoms with Gasteiger partial charge >= 0.3 is 5.97 Å². The number of hydrogen-bond donors (Lipinski definition) is 3. The molecule has 0 aliphatic heterocycles. The Hall–Kier alpha value is -1.64. The fraction of sp³-hybridized carbons (Fsp3) is 0.462.